The Morgan fingerprint density at radius 3 is 2.00 bits per heavy atom. The number of aromatic nitrogens is 1. The standard InChI is InChI=1S/C48H32N2O2/c1-48(2)39-18-10-9-16-35(39)36-25-24-34(28-40(36)48)50(32-14-7-4-8-15-32)33-22-20-29(21-23-33)31-26-38-44-42(27-31)51-41-19-11-17-37(43(41)44)45-46(38)52-47(49-45)30-12-5-3-6-13-30/h3-28H,1-2H3. The number of furan rings is 1. The van der Waals surface area contributed by atoms with Crippen molar-refractivity contribution in [1.29, 1.82) is 0 Å². The summed E-state index contributed by atoms with van der Waals surface area (Å²) < 4.78 is 13.1. The fourth-order valence-electron chi connectivity index (χ4n) is 8.54. The highest BCUT2D eigenvalue weighted by Gasteiger charge is 2.35. The summed E-state index contributed by atoms with van der Waals surface area (Å²) in [5.41, 5.74) is 15.1. The molecule has 52 heavy (non-hydrogen) atoms. The van der Waals surface area contributed by atoms with Crippen LogP contribution in [0.2, 0.25) is 0 Å². The van der Waals surface area contributed by atoms with Gasteiger partial charge in [-0.05, 0) is 100 Å². The van der Waals surface area contributed by atoms with Crippen LogP contribution in [0.3, 0.4) is 0 Å². The van der Waals surface area contributed by atoms with Gasteiger partial charge in [-0.15, -0.1) is 0 Å². The van der Waals surface area contributed by atoms with Crippen LogP contribution < -0.4 is 4.90 Å². The molecule has 0 N–H and O–H groups in total. The van der Waals surface area contributed by atoms with Crippen molar-refractivity contribution in [3.8, 4) is 33.7 Å². The van der Waals surface area contributed by atoms with E-state index in [9.17, 15) is 0 Å². The summed E-state index contributed by atoms with van der Waals surface area (Å²) in [6.45, 7) is 4.67. The van der Waals surface area contributed by atoms with Crippen molar-refractivity contribution in [2.45, 2.75) is 19.3 Å². The topological polar surface area (TPSA) is 42.4 Å². The first-order valence-corrected chi connectivity index (χ1v) is 17.8. The maximum Gasteiger partial charge on any atom is 0.227 e. The SMILES string of the molecule is CC1(C)c2ccccc2-c2ccc(N(c3ccccc3)c3ccc(-c4cc5oc6cccc7c8nc(-c9ccccc9)oc8c(c4)c5c67)cc3)cc21. The van der Waals surface area contributed by atoms with E-state index < -0.39 is 0 Å². The van der Waals surface area contributed by atoms with Gasteiger partial charge in [0.25, 0.3) is 0 Å². The lowest BCUT2D eigenvalue weighted by molar-refractivity contribution is 0.623. The highest BCUT2D eigenvalue weighted by atomic mass is 16.3. The molecular weight excluding hydrogens is 637 g/mol. The van der Waals surface area contributed by atoms with Gasteiger partial charge in [0.2, 0.25) is 5.89 Å². The fourth-order valence-corrected chi connectivity index (χ4v) is 8.54. The lowest BCUT2D eigenvalue weighted by Crippen LogP contribution is -2.16. The Kier molecular flexibility index (Phi) is 5.98. The molecule has 11 rings (SSSR count). The van der Waals surface area contributed by atoms with Gasteiger partial charge in [0, 0.05) is 49.6 Å². The van der Waals surface area contributed by atoms with E-state index in [1.807, 2.05) is 42.5 Å². The van der Waals surface area contributed by atoms with Crippen molar-refractivity contribution in [1.82, 2.24) is 4.98 Å². The minimum absolute atomic E-state index is 0.0876. The van der Waals surface area contributed by atoms with Gasteiger partial charge in [-0.3, -0.25) is 0 Å². The molecule has 0 spiro atoms. The van der Waals surface area contributed by atoms with Crippen LogP contribution in [0.25, 0.3) is 77.5 Å². The molecule has 0 fully saturated rings. The third kappa shape index (κ3) is 4.12. The van der Waals surface area contributed by atoms with E-state index in [0.29, 0.717) is 5.89 Å². The first-order chi connectivity index (χ1) is 25.5. The molecule has 0 aliphatic heterocycles. The molecule has 0 radical (unpaired) electrons. The van der Waals surface area contributed by atoms with Gasteiger partial charge in [0.15, 0.2) is 5.58 Å². The number of hydrogen-bond donors (Lipinski definition) is 0. The van der Waals surface area contributed by atoms with Crippen LogP contribution >= 0.6 is 0 Å². The molecule has 0 amide bonds. The lowest BCUT2D eigenvalue weighted by Gasteiger charge is -2.28. The van der Waals surface area contributed by atoms with Gasteiger partial charge in [0.1, 0.15) is 16.7 Å². The highest BCUT2D eigenvalue weighted by Crippen LogP contribution is 2.51. The van der Waals surface area contributed by atoms with Crippen LogP contribution in [-0.4, -0.2) is 4.98 Å². The molecule has 246 valence electrons. The number of anilines is 3. The van der Waals surface area contributed by atoms with Gasteiger partial charge in [0.05, 0.1) is 0 Å². The van der Waals surface area contributed by atoms with Crippen LogP contribution in [0.4, 0.5) is 17.1 Å². The maximum atomic E-state index is 6.59. The summed E-state index contributed by atoms with van der Waals surface area (Å²) >= 11 is 0. The van der Waals surface area contributed by atoms with Crippen molar-refractivity contribution in [2.75, 3.05) is 4.90 Å². The van der Waals surface area contributed by atoms with Crippen molar-refractivity contribution >= 4 is 60.9 Å². The third-order valence-corrected chi connectivity index (χ3v) is 11.0. The van der Waals surface area contributed by atoms with Crippen molar-refractivity contribution < 1.29 is 8.83 Å². The van der Waals surface area contributed by atoms with E-state index in [1.54, 1.807) is 0 Å². The molecule has 4 nitrogen and oxygen atoms in total. The molecule has 0 atom stereocenters. The predicted octanol–water partition coefficient (Wildman–Crippen LogP) is 13.4. The Bertz CT molecular complexity index is 2970. The molecule has 0 saturated heterocycles. The number of para-hydroxylation sites is 1. The molecule has 2 heterocycles. The second-order valence-electron chi connectivity index (χ2n) is 14.4. The Labute approximate surface area is 300 Å². The Morgan fingerprint density at radius 2 is 1.17 bits per heavy atom. The first-order valence-electron chi connectivity index (χ1n) is 17.8. The number of rotatable bonds is 5. The highest BCUT2D eigenvalue weighted by molar-refractivity contribution is 6.31. The lowest BCUT2D eigenvalue weighted by atomic mass is 9.82. The molecule has 0 saturated carbocycles. The molecule has 10 aromatic rings. The molecule has 2 aromatic heterocycles. The van der Waals surface area contributed by atoms with E-state index in [0.717, 1.165) is 77.6 Å². The zero-order valence-corrected chi connectivity index (χ0v) is 28.7. The van der Waals surface area contributed by atoms with E-state index in [-0.39, 0.29) is 5.41 Å². The van der Waals surface area contributed by atoms with Crippen molar-refractivity contribution in [2.24, 2.45) is 0 Å². The first kappa shape index (κ1) is 29.1. The fraction of sp³-hybridized carbons (Fsp3) is 0.0625. The van der Waals surface area contributed by atoms with E-state index >= 15 is 0 Å². The number of oxazole rings is 1. The summed E-state index contributed by atoms with van der Waals surface area (Å²) in [5.74, 6) is 0.618. The zero-order valence-electron chi connectivity index (χ0n) is 28.7. The zero-order chi connectivity index (χ0) is 34.6. The molecule has 8 aromatic carbocycles. The molecule has 4 heteroatoms. The number of nitrogens with zero attached hydrogens (tertiary/aromatic N) is 2. The maximum absolute atomic E-state index is 6.59. The number of hydrogen-bond acceptors (Lipinski definition) is 4. The van der Waals surface area contributed by atoms with Crippen molar-refractivity contribution in [3.63, 3.8) is 0 Å². The van der Waals surface area contributed by atoms with Crippen LogP contribution in [-0.2, 0) is 5.41 Å². The molecule has 1 aliphatic rings. The minimum atomic E-state index is -0.0876. The molecular formula is C48H32N2O2. The average Bonchev–Trinajstić information content (AvgIpc) is 3.87. The minimum Gasteiger partial charge on any atom is -0.456 e. The molecule has 0 unspecified atom stereocenters. The van der Waals surface area contributed by atoms with E-state index in [4.69, 9.17) is 13.8 Å². The van der Waals surface area contributed by atoms with Crippen LogP contribution in [0, 0.1) is 0 Å². The quantitative estimate of drug-likeness (QED) is 0.171. The van der Waals surface area contributed by atoms with E-state index in [1.165, 1.54) is 22.3 Å². The summed E-state index contributed by atoms with van der Waals surface area (Å²) in [6.07, 6.45) is 0. The summed E-state index contributed by atoms with van der Waals surface area (Å²) in [6, 6.07) is 55.9. The Balaban J connectivity index is 1.05. The number of benzene rings is 8. The largest absolute Gasteiger partial charge is 0.456 e. The molecule has 0 bridgehead atoms. The van der Waals surface area contributed by atoms with Gasteiger partial charge >= 0.3 is 0 Å². The molecule has 1 aliphatic carbocycles. The second kappa shape index (κ2) is 10.7. The number of fused-ring (bicyclic) bond motifs is 6. The smallest absolute Gasteiger partial charge is 0.227 e. The Hall–Kier alpha value is -6.65. The van der Waals surface area contributed by atoms with Gasteiger partial charge in [-0.25, -0.2) is 4.98 Å². The summed E-state index contributed by atoms with van der Waals surface area (Å²) in [4.78, 5) is 7.38. The third-order valence-electron chi connectivity index (χ3n) is 11.0. The van der Waals surface area contributed by atoms with Crippen molar-refractivity contribution in [3.05, 3.63) is 169 Å². The summed E-state index contributed by atoms with van der Waals surface area (Å²) in [5, 5.41) is 4.22. The van der Waals surface area contributed by atoms with Crippen LogP contribution in [0.5, 0.6) is 0 Å². The summed E-state index contributed by atoms with van der Waals surface area (Å²) in [7, 11) is 0. The normalized spacial score (nSPS) is 13.3. The van der Waals surface area contributed by atoms with Crippen LogP contribution in [0.15, 0.2) is 167 Å². The monoisotopic (exact) mass is 668 g/mol. The van der Waals surface area contributed by atoms with Crippen LogP contribution in [0.1, 0.15) is 25.0 Å². The van der Waals surface area contributed by atoms with Gasteiger partial charge < -0.3 is 13.7 Å². The Morgan fingerprint density at radius 1 is 0.481 bits per heavy atom. The second-order valence-corrected chi connectivity index (χ2v) is 14.4. The van der Waals surface area contributed by atoms with Gasteiger partial charge in [-0.1, -0.05) is 105 Å². The average molecular weight is 669 g/mol. The predicted molar refractivity (Wildman–Crippen MR) is 213 cm³/mol. The van der Waals surface area contributed by atoms with Gasteiger partial charge in [-0.2, -0.15) is 0 Å². The van der Waals surface area contributed by atoms with E-state index in [2.05, 4.69) is 134 Å².